The molecule has 8 heteroatoms. The fourth-order valence-corrected chi connectivity index (χ4v) is 2.52. The van der Waals surface area contributed by atoms with Crippen molar-refractivity contribution < 1.29 is 27.5 Å². The van der Waals surface area contributed by atoms with Crippen LogP contribution in [-0.2, 0) is 20.5 Å². The summed E-state index contributed by atoms with van der Waals surface area (Å²) in [4.78, 5) is 25.6. The van der Waals surface area contributed by atoms with E-state index in [4.69, 9.17) is 4.74 Å². The summed E-state index contributed by atoms with van der Waals surface area (Å²) in [5.74, 6) is -0.992. The lowest BCUT2D eigenvalue weighted by molar-refractivity contribution is -0.143. The molecule has 0 radical (unpaired) electrons. The lowest BCUT2D eigenvalue weighted by atomic mass is 10.1. The van der Waals surface area contributed by atoms with E-state index in [-0.39, 0.29) is 24.7 Å². The summed E-state index contributed by atoms with van der Waals surface area (Å²) in [7, 11) is 0. The van der Waals surface area contributed by atoms with Crippen molar-refractivity contribution in [1.29, 1.82) is 0 Å². The van der Waals surface area contributed by atoms with Gasteiger partial charge in [-0.15, -0.1) is 0 Å². The van der Waals surface area contributed by atoms with E-state index in [1.807, 2.05) is 0 Å². The van der Waals surface area contributed by atoms with Gasteiger partial charge >= 0.3 is 6.18 Å². The Morgan fingerprint density at radius 1 is 1.33 bits per heavy atom. The second-order valence-electron chi connectivity index (χ2n) is 5.45. The van der Waals surface area contributed by atoms with Gasteiger partial charge < -0.3 is 15.0 Å². The molecule has 1 fully saturated rings. The van der Waals surface area contributed by atoms with Gasteiger partial charge in [0.1, 0.15) is 6.10 Å². The van der Waals surface area contributed by atoms with E-state index in [9.17, 15) is 22.8 Å². The largest absolute Gasteiger partial charge is 0.418 e. The number of likely N-dealkylation sites (N-methyl/N-ethyl adjacent to an activating group) is 1. The van der Waals surface area contributed by atoms with Gasteiger partial charge in [0.25, 0.3) is 5.91 Å². The van der Waals surface area contributed by atoms with Crippen molar-refractivity contribution in [3.05, 3.63) is 29.8 Å². The Balaban J connectivity index is 2.03. The number of carbonyl (C=O) groups is 2. The maximum absolute atomic E-state index is 12.9. The monoisotopic (exact) mass is 344 g/mol. The van der Waals surface area contributed by atoms with Crippen molar-refractivity contribution in [1.82, 2.24) is 4.90 Å². The molecule has 5 nitrogen and oxygen atoms in total. The van der Waals surface area contributed by atoms with Gasteiger partial charge in [0, 0.05) is 13.2 Å². The lowest BCUT2D eigenvalue weighted by Gasteiger charge is -2.23. The van der Waals surface area contributed by atoms with Crippen LogP contribution in [0.1, 0.15) is 25.3 Å². The van der Waals surface area contributed by atoms with E-state index in [1.54, 1.807) is 6.92 Å². The highest BCUT2D eigenvalue weighted by Crippen LogP contribution is 2.34. The number of ether oxygens (including phenoxy) is 1. The molecule has 1 aliphatic rings. The zero-order valence-corrected chi connectivity index (χ0v) is 13.2. The molecule has 1 atom stereocenters. The summed E-state index contributed by atoms with van der Waals surface area (Å²) >= 11 is 0. The maximum atomic E-state index is 12.9. The van der Waals surface area contributed by atoms with Gasteiger partial charge in [-0.3, -0.25) is 9.59 Å². The molecule has 1 saturated heterocycles. The van der Waals surface area contributed by atoms with E-state index in [1.165, 1.54) is 23.1 Å². The van der Waals surface area contributed by atoms with E-state index in [0.717, 1.165) is 12.5 Å². The molecule has 1 heterocycles. The van der Waals surface area contributed by atoms with Gasteiger partial charge in [-0.25, -0.2) is 0 Å². The van der Waals surface area contributed by atoms with Crippen LogP contribution < -0.4 is 5.32 Å². The van der Waals surface area contributed by atoms with Crippen LogP contribution in [0.2, 0.25) is 0 Å². The first-order valence-corrected chi connectivity index (χ1v) is 7.69. The number of hydrogen-bond donors (Lipinski definition) is 1. The number of alkyl halides is 3. The Labute approximate surface area is 137 Å². The standard InChI is InChI=1S/C16H19F3N2O3/c1-2-21(15(23)13-8-5-9-24-13)10-14(22)20-12-7-4-3-6-11(12)16(17,18)19/h3-4,6-7,13H,2,5,8-10H2,1H3,(H,20,22). The Morgan fingerprint density at radius 2 is 2.04 bits per heavy atom. The number of nitrogens with one attached hydrogen (secondary N) is 1. The first-order valence-electron chi connectivity index (χ1n) is 7.69. The van der Waals surface area contributed by atoms with Gasteiger partial charge in [0.2, 0.25) is 5.91 Å². The zero-order valence-electron chi connectivity index (χ0n) is 13.2. The Hall–Kier alpha value is -2.09. The summed E-state index contributed by atoms with van der Waals surface area (Å²) in [5.41, 5.74) is -1.25. The van der Waals surface area contributed by atoms with Crippen molar-refractivity contribution in [3.63, 3.8) is 0 Å². The first-order chi connectivity index (χ1) is 11.3. The Bertz CT molecular complexity index is 598. The molecule has 24 heavy (non-hydrogen) atoms. The molecule has 0 bridgehead atoms. The Morgan fingerprint density at radius 3 is 2.62 bits per heavy atom. The second kappa shape index (κ2) is 7.65. The van der Waals surface area contributed by atoms with Crippen LogP contribution in [0.4, 0.5) is 18.9 Å². The number of halogens is 3. The van der Waals surface area contributed by atoms with E-state index >= 15 is 0 Å². The third-order valence-corrected chi connectivity index (χ3v) is 3.74. The summed E-state index contributed by atoms with van der Waals surface area (Å²) < 4.78 is 44.1. The topological polar surface area (TPSA) is 58.6 Å². The molecule has 2 rings (SSSR count). The molecular weight excluding hydrogens is 325 g/mol. The fourth-order valence-electron chi connectivity index (χ4n) is 2.52. The van der Waals surface area contributed by atoms with Crippen molar-refractivity contribution in [3.8, 4) is 0 Å². The minimum atomic E-state index is -4.57. The number of hydrogen-bond acceptors (Lipinski definition) is 3. The van der Waals surface area contributed by atoms with Crippen LogP contribution in [0.3, 0.4) is 0 Å². The number of benzene rings is 1. The lowest BCUT2D eigenvalue weighted by Crippen LogP contribution is -2.43. The highest BCUT2D eigenvalue weighted by molar-refractivity contribution is 5.95. The molecule has 132 valence electrons. The summed E-state index contributed by atoms with van der Waals surface area (Å²) in [6, 6.07) is 4.72. The van der Waals surface area contributed by atoms with Crippen LogP contribution in [0.25, 0.3) is 0 Å². The van der Waals surface area contributed by atoms with Gasteiger partial charge in [-0.05, 0) is 31.9 Å². The number of nitrogens with zero attached hydrogens (tertiary/aromatic N) is 1. The minimum absolute atomic E-state index is 0.271. The molecule has 1 aromatic carbocycles. The summed E-state index contributed by atoms with van der Waals surface area (Å²) in [5, 5.41) is 2.23. The third kappa shape index (κ3) is 4.47. The number of carbonyl (C=O) groups excluding carboxylic acids is 2. The van der Waals surface area contributed by atoms with Gasteiger partial charge in [-0.1, -0.05) is 12.1 Å². The van der Waals surface area contributed by atoms with Crippen molar-refractivity contribution in [2.45, 2.75) is 32.0 Å². The smallest absolute Gasteiger partial charge is 0.368 e. The molecule has 0 aliphatic carbocycles. The molecule has 1 aromatic rings. The molecule has 1 unspecified atom stereocenters. The summed E-state index contributed by atoms with van der Waals surface area (Å²) in [6.07, 6.45) is -3.77. The normalized spacial score (nSPS) is 17.6. The number of rotatable bonds is 5. The zero-order chi connectivity index (χ0) is 17.7. The van der Waals surface area contributed by atoms with Crippen molar-refractivity contribution in [2.75, 3.05) is 25.0 Å². The fraction of sp³-hybridized carbons (Fsp3) is 0.500. The second-order valence-corrected chi connectivity index (χ2v) is 5.45. The Kier molecular flexibility index (Phi) is 5.82. The first kappa shape index (κ1) is 18.3. The van der Waals surface area contributed by atoms with Gasteiger partial charge in [-0.2, -0.15) is 13.2 Å². The maximum Gasteiger partial charge on any atom is 0.418 e. The average molecular weight is 344 g/mol. The molecule has 2 amide bonds. The quantitative estimate of drug-likeness (QED) is 0.893. The average Bonchev–Trinajstić information content (AvgIpc) is 3.06. The summed E-state index contributed by atoms with van der Waals surface area (Å²) in [6.45, 7) is 2.15. The molecule has 0 spiro atoms. The van der Waals surface area contributed by atoms with Gasteiger partial charge in [0.05, 0.1) is 17.8 Å². The van der Waals surface area contributed by atoms with E-state index in [0.29, 0.717) is 13.0 Å². The van der Waals surface area contributed by atoms with Crippen LogP contribution in [-0.4, -0.2) is 42.5 Å². The van der Waals surface area contributed by atoms with Crippen molar-refractivity contribution in [2.24, 2.45) is 0 Å². The number of amides is 2. The van der Waals surface area contributed by atoms with E-state index < -0.39 is 23.8 Å². The molecule has 0 aromatic heterocycles. The van der Waals surface area contributed by atoms with Crippen LogP contribution in [0.5, 0.6) is 0 Å². The minimum Gasteiger partial charge on any atom is -0.368 e. The molecule has 1 aliphatic heterocycles. The SMILES string of the molecule is CCN(CC(=O)Nc1ccccc1C(F)(F)F)C(=O)C1CCCO1. The van der Waals surface area contributed by atoms with Crippen LogP contribution >= 0.6 is 0 Å². The molecular formula is C16H19F3N2O3. The predicted octanol–water partition coefficient (Wildman–Crippen LogP) is 2.67. The molecule has 1 N–H and O–H groups in total. The third-order valence-electron chi connectivity index (χ3n) is 3.74. The molecule has 0 saturated carbocycles. The number of anilines is 1. The highest BCUT2D eigenvalue weighted by atomic mass is 19.4. The number of para-hydroxylation sites is 1. The highest BCUT2D eigenvalue weighted by Gasteiger charge is 2.34. The van der Waals surface area contributed by atoms with Crippen LogP contribution in [0.15, 0.2) is 24.3 Å². The van der Waals surface area contributed by atoms with Crippen molar-refractivity contribution >= 4 is 17.5 Å². The van der Waals surface area contributed by atoms with Gasteiger partial charge in [0.15, 0.2) is 0 Å². The predicted molar refractivity (Wildman–Crippen MR) is 81.3 cm³/mol. The van der Waals surface area contributed by atoms with E-state index in [2.05, 4.69) is 5.32 Å². The van der Waals surface area contributed by atoms with Crippen LogP contribution in [0, 0.1) is 0 Å².